The Balaban J connectivity index is 2.06. The van der Waals surface area contributed by atoms with Crippen molar-refractivity contribution in [3.05, 3.63) is 34.3 Å². The molecule has 1 aromatic carbocycles. The van der Waals surface area contributed by atoms with Gasteiger partial charge in [0, 0.05) is 10.5 Å². The summed E-state index contributed by atoms with van der Waals surface area (Å²) >= 11 is 3.32. The van der Waals surface area contributed by atoms with Gasteiger partial charge in [-0.2, -0.15) is 0 Å². The smallest absolute Gasteiger partial charge is 0.212 e. The molecule has 1 N–H and O–H groups in total. The number of halogens is 1. The van der Waals surface area contributed by atoms with Crippen LogP contribution in [0.25, 0.3) is 0 Å². The first-order valence-electron chi connectivity index (χ1n) is 4.80. The van der Waals surface area contributed by atoms with Crippen LogP contribution in [0.5, 0.6) is 0 Å². The van der Waals surface area contributed by atoms with Gasteiger partial charge in [-0.05, 0) is 30.5 Å². The molecule has 15 heavy (non-hydrogen) atoms. The topological polar surface area (TPSA) is 46.2 Å². The van der Waals surface area contributed by atoms with Crippen molar-refractivity contribution >= 4 is 26.0 Å². The third kappa shape index (κ3) is 3.59. The molecule has 0 atom stereocenters. The minimum absolute atomic E-state index is 0.0585. The van der Waals surface area contributed by atoms with Gasteiger partial charge in [-0.1, -0.05) is 28.1 Å². The summed E-state index contributed by atoms with van der Waals surface area (Å²) in [6, 6.07) is 7.54. The Morgan fingerprint density at radius 2 is 2.13 bits per heavy atom. The van der Waals surface area contributed by atoms with Gasteiger partial charge in [-0.3, -0.25) is 0 Å². The van der Waals surface area contributed by atoms with E-state index in [0.717, 1.165) is 22.9 Å². The van der Waals surface area contributed by atoms with Gasteiger partial charge in [0.15, 0.2) is 0 Å². The monoisotopic (exact) mass is 289 g/mol. The maximum atomic E-state index is 11.6. The van der Waals surface area contributed by atoms with Crippen molar-refractivity contribution in [3.63, 3.8) is 0 Å². The summed E-state index contributed by atoms with van der Waals surface area (Å²) in [5, 5.41) is 0. The lowest BCUT2D eigenvalue weighted by Gasteiger charge is -2.05. The molecule has 1 aliphatic rings. The second-order valence-corrected chi connectivity index (χ2v) is 6.45. The van der Waals surface area contributed by atoms with Gasteiger partial charge in [0.05, 0.1) is 5.75 Å². The molecule has 0 aromatic heterocycles. The number of benzene rings is 1. The van der Waals surface area contributed by atoms with Crippen molar-refractivity contribution < 1.29 is 8.42 Å². The van der Waals surface area contributed by atoms with E-state index in [0.29, 0.717) is 0 Å². The van der Waals surface area contributed by atoms with Gasteiger partial charge in [-0.15, -0.1) is 0 Å². The quantitative estimate of drug-likeness (QED) is 0.922. The van der Waals surface area contributed by atoms with Crippen LogP contribution in [-0.2, 0) is 15.8 Å². The molecule has 0 aliphatic heterocycles. The van der Waals surface area contributed by atoms with Crippen molar-refractivity contribution in [3.8, 4) is 0 Å². The molecular formula is C10H12BrNO2S. The molecule has 1 fully saturated rings. The van der Waals surface area contributed by atoms with Gasteiger partial charge in [-0.25, -0.2) is 13.1 Å². The summed E-state index contributed by atoms with van der Waals surface area (Å²) in [5.41, 5.74) is 0.803. The molecule has 1 aliphatic carbocycles. The number of rotatable bonds is 4. The highest BCUT2D eigenvalue weighted by Gasteiger charge is 2.26. The SMILES string of the molecule is O=S(=O)(Cc1cccc(Br)c1)NC1CC1. The summed E-state index contributed by atoms with van der Waals surface area (Å²) in [6.07, 6.45) is 1.94. The van der Waals surface area contributed by atoms with Crippen LogP contribution in [0.1, 0.15) is 18.4 Å². The average Bonchev–Trinajstić information content (AvgIpc) is 2.86. The fraction of sp³-hybridized carbons (Fsp3) is 0.400. The Morgan fingerprint density at radius 3 is 2.73 bits per heavy atom. The summed E-state index contributed by atoms with van der Waals surface area (Å²) in [7, 11) is -3.16. The largest absolute Gasteiger partial charge is 0.216 e. The van der Waals surface area contributed by atoms with Crippen LogP contribution in [-0.4, -0.2) is 14.5 Å². The maximum Gasteiger partial charge on any atom is 0.216 e. The van der Waals surface area contributed by atoms with E-state index in [2.05, 4.69) is 20.7 Å². The van der Waals surface area contributed by atoms with Crippen LogP contribution in [0.3, 0.4) is 0 Å². The molecular weight excluding hydrogens is 278 g/mol. The van der Waals surface area contributed by atoms with E-state index in [4.69, 9.17) is 0 Å². The third-order valence-corrected chi connectivity index (χ3v) is 4.07. The van der Waals surface area contributed by atoms with E-state index in [1.807, 2.05) is 24.3 Å². The highest BCUT2D eigenvalue weighted by atomic mass is 79.9. The Morgan fingerprint density at radius 1 is 1.40 bits per heavy atom. The molecule has 82 valence electrons. The van der Waals surface area contributed by atoms with E-state index in [9.17, 15) is 8.42 Å². The molecule has 0 saturated heterocycles. The van der Waals surface area contributed by atoms with Crippen LogP contribution < -0.4 is 4.72 Å². The van der Waals surface area contributed by atoms with Crippen molar-refractivity contribution in [2.75, 3.05) is 0 Å². The van der Waals surface area contributed by atoms with Crippen LogP contribution in [0.4, 0.5) is 0 Å². The van der Waals surface area contributed by atoms with Crippen LogP contribution in [0.15, 0.2) is 28.7 Å². The predicted octanol–water partition coefficient (Wildman–Crippen LogP) is 2.03. The summed E-state index contributed by atoms with van der Waals surface area (Å²) in [5.74, 6) is 0.0585. The zero-order valence-electron chi connectivity index (χ0n) is 8.11. The summed E-state index contributed by atoms with van der Waals surface area (Å²) < 4.78 is 26.8. The summed E-state index contributed by atoms with van der Waals surface area (Å²) in [4.78, 5) is 0. The van der Waals surface area contributed by atoms with Crippen molar-refractivity contribution in [2.45, 2.75) is 24.6 Å². The molecule has 0 bridgehead atoms. The Hall–Kier alpha value is -0.390. The summed E-state index contributed by atoms with van der Waals surface area (Å²) in [6.45, 7) is 0. The Kier molecular flexibility index (Phi) is 3.13. The van der Waals surface area contributed by atoms with Gasteiger partial charge >= 0.3 is 0 Å². The molecule has 5 heteroatoms. The number of sulfonamides is 1. The zero-order valence-corrected chi connectivity index (χ0v) is 10.5. The zero-order chi connectivity index (χ0) is 10.9. The lowest BCUT2D eigenvalue weighted by atomic mass is 10.2. The number of hydrogen-bond donors (Lipinski definition) is 1. The highest BCUT2D eigenvalue weighted by molar-refractivity contribution is 9.10. The van der Waals surface area contributed by atoms with Crippen LogP contribution in [0.2, 0.25) is 0 Å². The molecule has 0 radical (unpaired) electrons. The first-order chi connectivity index (χ1) is 7.05. The first kappa shape index (κ1) is 11.1. The molecule has 1 aromatic rings. The van der Waals surface area contributed by atoms with Crippen LogP contribution >= 0.6 is 15.9 Å². The van der Waals surface area contributed by atoms with E-state index in [-0.39, 0.29) is 11.8 Å². The van der Waals surface area contributed by atoms with E-state index >= 15 is 0 Å². The first-order valence-corrected chi connectivity index (χ1v) is 7.24. The van der Waals surface area contributed by atoms with E-state index in [1.165, 1.54) is 0 Å². The molecule has 0 amide bonds. The predicted molar refractivity (Wildman–Crippen MR) is 62.9 cm³/mol. The minimum Gasteiger partial charge on any atom is -0.212 e. The van der Waals surface area contributed by atoms with Crippen molar-refractivity contribution in [1.29, 1.82) is 0 Å². The third-order valence-electron chi connectivity index (χ3n) is 2.17. The van der Waals surface area contributed by atoms with Gasteiger partial charge in [0.1, 0.15) is 0 Å². The molecule has 0 unspecified atom stereocenters. The minimum atomic E-state index is -3.16. The average molecular weight is 290 g/mol. The lowest BCUT2D eigenvalue weighted by Crippen LogP contribution is -2.27. The maximum absolute atomic E-state index is 11.6. The Labute approximate surface area is 98.1 Å². The van der Waals surface area contributed by atoms with Crippen molar-refractivity contribution in [2.24, 2.45) is 0 Å². The standard InChI is InChI=1S/C10H12BrNO2S/c11-9-3-1-2-8(6-9)7-15(13,14)12-10-4-5-10/h1-3,6,10,12H,4-5,7H2. The van der Waals surface area contributed by atoms with E-state index < -0.39 is 10.0 Å². The molecule has 0 spiro atoms. The fourth-order valence-corrected chi connectivity index (χ4v) is 3.23. The van der Waals surface area contributed by atoms with Crippen molar-refractivity contribution in [1.82, 2.24) is 4.72 Å². The normalized spacial score (nSPS) is 16.6. The number of hydrogen-bond acceptors (Lipinski definition) is 2. The highest BCUT2D eigenvalue weighted by Crippen LogP contribution is 2.21. The molecule has 1 saturated carbocycles. The van der Waals surface area contributed by atoms with Gasteiger partial charge in [0.25, 0.3) is 0 Å². The second kappa shape index (κ2) is 4.23. The lowest BCUT2D eigenvalue weighted by molar-refractivity contribution is 0.580. The molecule has 2 rings (SSSR count). The second-order valence-electron chi connectivity index (χ2n) is 3.78. The van der Waals surface area contributed by atoms with Crippen LogP contribution in [0, 0.1) is 0 Å². The molecule has 0 heterocycles. The molecule has 3 nitrogen and oxygen atoms in total. The van der Waals surface area contributed by atoms with Gasteiger partial charge in [0.2, 0.25) is 10.0 Å². The number of nitrogens with one attached hydrogen (secondary N) is 1. The van der Waals surface area contributed by atoms with E-state index in [1.54, 1.807) is 0 Å². The fourth-order valence-electron chi connectivity index (χ4n) is 1.34. The Bertz CT molecular complexity index is 454. The van der Waals surface area contributed by atoms with Gasteiger partial charge < -0.3 is 0 Å².